The van der Waals surface area contributed by atoms with Crippen molar-refractivity contribution >= 4 is 28.6 Å². The van der Waals surface area contributed by atoms with Gasteiger partial charge in [0.2, 0.25) is 5.88 Å². The summed E-state index contributed by atoms with van der Waals surface area (Å²) in [7, 11) is 0. The first-order valence-corrected chi connectivity index (χ1v) is 16.0. The average Bonchev–Trinajstić information content (AvgIpc) is 3.26. The van der Waals surface area contributed by atoms with Crippen molar-refractivity contribution in [3.63, 3.8) is 0 Å². The van der Waals surface area contributed by atoms with E-state index < -0.39 is 11.4 Å². The van der Waals surface area contributed by atoms with Crippen LogP contribution in [0.1, 0.15) is 59.9 Å². The van der Waals surface area contributed by atoms with Crippen molar-refractivity contribution in [3.05, 3.63) is 102 Å². The molecule has 0 unspecified atom stereocenters. The van der Waals surface area contributed by atoms with Crippen LogP contribution in [0.2, 0.25) is 0 Å². The Labute approximate surface area is 299 Å². The second-order valence-corrected chi connectivity index (χ2v) is 14.6. The van der Waals surface area contributed by atoms with Crippen molar-refractivity contribution in [2.45, 2.75) is 70.8 Å². The van der Waals surface area contributed by atoms with Crippen LogP contribution in [0, 0.1) is 5.41 Å². The summed E-state index contributed by atoms with van der Waals surface area (Å²) in [5.74, 6) is 0.542. The van der Waals surface area contributed by atoms with E-state index in [1.54, 1.807) is 31.8 Å². The molecular weight excluding hydrogens is 605 g/mol. The van der Waals surface area contributed by atoms with Crippen molar-refractivity contribution in [3.8, 4) is 22.8 Å². The Hall–Kier alpha value is -3.30. The number of aromatic nitrogens is 3. The van der Waals surface area contributed by atoms with E-state index in [0.717, 1.165) is 49.6 Å². The molecule has 3 heterocycles. The van der Waals surface area contributed by atoms with Crippen molar-refractivity contribution in [1.29, 1.82) is 0 Å². The Morgan fingerprint density at radius 3 is 2.28 bits per heavy atom. The van der Waals surface area contributed by atoms with Crippen LogP contribution in [0.4, 0.5) is 0 Å². The standard InChI is InChI=1S/C37H41N3O4S.Na.H/c1-7-43-33-18-15-27(22-39-33)26-13-11-25(12-14-26)23-40-31-17-16-29(44-24-28-10-8-9-19-38-28)20-30(31)34(45-36(2,3)4)32(40)21-37(5,6)35(41)42;;/h8-20,22H,7,21,23-24H2,1-6H3,(H,41,42);;/q;+1;-1. The van der Waals surface area contributed by atoms with Gasteiger partial charge in [-0.2, -0.15) is 0 Å². The molecule has 7 nitrogen and oxygen atoms in total. The van der Waals surface area contributed by atoms with Crippen LogP contribution in [0.5, 0.6) is 11.6 Å². The van der Waals surface area contributed by atoms with E-state index in [9.17, 15) is 9.90 Å². The van der Waals surface area contributed by atoms with E-state index in [2.05, 4.69) is 71.7 Å². The molecule has 0 aliphatic heterocycles. The third kappa shape index (κ3) is 8.73. The van der Waals surface area contributed by atoms with Crippen LogP contribution in [0.3, 0.4) is 0 Å². The Kier molecular flexibility index (Phi) is 11.6. The van der Waals surface area contributed by atoms with Crippen LogP contribution >= 0.6 is 11.8 Å². The summed E-state index contributed by atoms with van der Waals surface area (Å²) in [5, 5.41) is 11.2. The first-order valence-electron chi connectivity index (χ1n) is 15.2. The number of benzene rings is 2. The van der Waals surface area contributed by atoms with E-state index in [1.165, 1.54) is 0 Å². The number of carboxylic acids is 1. The number of aliphatic carboxylic acids is 1. The van der Waals surface area contributed by atoms with Crippen molar-refractivity contribution in [2.24, 2.45) is 5.41 Å². The molecule has 0 saturated heterocycles. The van der Waals surface area contributed by atoms with Gasteiger partial charge in [0.05, 0.1) is 17.7 Å². The fraction of sp³-hybridized carbons (Fsp3) is 0.324. The molecule has 0 bridgehead atoms. The van der Waals surface area contributed by atoms with Gasteiger partial charge in [0.1, 0.15) is 12.4 Å². The van der Waals surface area contributed by atoms with Gasteiger partial charge >= 0.3 is 35.5 Å². The summed E-state index contributed by atoms with van der Waals surface area (Å²) in [6.45, 7) is 13.6. The molecule has 2 aromatic carbocycles. The Morgan fingerprint density at radius 2 is 1.67 bits per heavy atom. The Morgan fingerprint density at radius 1 is 0.935 bits per heavy atom. The van der Waals surface area contributed by atoms with Crippen molar-refractivity contribution in [2.75, 3.05) is 6.61 Å². The molecule has 236 valence electrons. The zero-order chi connectivity index (χ0) is 32.2. The molecule has 1 N–H and O–H groups in total. The summed E-state index contributed by atoms with van der Waals surface area (Å²) >= 11 is 1.77. The van der Waals surface area contributed by atoms with Gasteiger partial charge in [-0.15, -0.1) is 11.8 Å². The predicted molar refractivity (Wildman–Crippen MR) is 182 cm³/mol. The predicted octanol–water partition coefficient (Wildman–Crippen LogP) is 5.78. The number of ether oxygens (including phenoxy) is 2. The van der Waals surface area contributed by atoms with Crippen LogP contribution < -0.4 is 39.0 Å². The third-order valence-electron chi connectivity index (χ3n) is 7.46. The van der Waals surface area contributed by atoms with E-state index in [1.807, 2.05) is 49.5 Å². The minimum atomic E-state index is -0.956. The summed E-state index contributed by atoms with van der Waals surface area (Å²) < 4.78 is 13.9. The first kappa shape index (κ1) is 35.6. The quantitative estimate of drug-likeness (QED) is 0.136. The zero-order valence-corrected chi connectivity index (χ0v) is 30.6. The number of carboxylic acid groups (broad SMARTS) is 1. The smallest absolute Gasteiger partial charge is 1.00 e. The number of hydrogen-bond donors (Lipinski definition) is 1. The molecule has 0 atom stereocenters. The molecule has 0 aliphatic carbocycles. The fourth-order valence-corrected chi connectivity index (χ4v) is 6.31. The topological polar surface area (TPSA) is 86.5 Å². The van der Waals surface area contributed by atoms with Gasteiger partial charge in [-0.3, -0.25) is 9.78 Å². The Bertz CT molecular complexity index is 1770. The van der Waals surface area contributed by atoms with Gasteiger partial charge in [-0.1, -0.05) is 51.1 Å². The molecule has 3 aromatic heterocycles. The normalized spacial score (nSPS) is 11.7. The fourth-order valence-electron chi connectivity index (χ4n) is 5.13. The molecular formula is C37H42N3NaO4S. The minimum absolute atomic E-state index is 0. The van der Waals surface area contributed by atoms with E-state index in [4.69, 9.17) is 9.47 Å². The van der Waals surface area contributed by atoms with Crippen LogP contribution in [-0.4, -0.2) is 37.0 Å². The minimum Gasteiger partial charge on any atom is -1.00 e. The molecule has 0 amide bonds. The summed E-state index contributed by atoms with van der Waals surface area (Å²) in [5.41, 5.74) is 5.16. The van der Waals surface area contributed by atoms with E-state index in [0.29, 0.717) is 32.1 Å². The van der Waals surface area contributed by atoms with Gasteiger partial charge in [0.25, 0.3) is 0 Å². The average molecular weight is 648 g/mol. The number of nitrogens with zero attached hydrogens (tertiary/aromatic N) is 3. The molecule has 5 rings (SSSR count). The van der Waals surface area contributed by atoms with Crippen LogP contribution in [0.25, 0.3) is 22.0 Å². The molecule has 5 aromatic rings. The second kappa shape index (κ2) is 15.1. The Balaban J connectivity index is 0.00000300. The third-order valence-corrected chi connectivity index (χ3v) is 8.73. The number of pyridine rings is 2. The number of hydrogen-bond acceptors (Lipinski definition) is 6. The number of carbonyl (C=O) groups is 1. The van der Waals surface area contributed by atoms with Crippen molar-refractivity contribution < 1.29 is 50.4 Å². The second-order valence-electron chi connectivity index (χ2n) is 12.7. The van der Waals surface area contributed by atoms with Crippen LogP contribution in [-0.2, 0) is 24.4 Å². The molecule has 9 heteroatoms. The first-order chi connectivity index (χ1) is 21.4. The van der Waals surface area contributed by atoms with Gasteiger partial charge in [-0.25, -0.2) is 4.98 Å². The zero-order valence-electron chi connectivity index (χ0n) is 28.8. The maximum Gasteiger partial charge on any atom is 1.00 e. The molecule has 0 aliphatic rings. The van der Waals surface area contributed by atoms with E-state index >= 15 is 0 Å². The van der Waals surface area contributed by atoms with Crippen molar-refractivity contribution in [1.82, 2.24) is 14.5 Å². The largest absolute Gasteiger partial charge is 1.00 e. The molecule has 46 heavy (non-hydrogen) atoms. The van der Waals surface area contributed by atoms with Crippen LogP contribution in [0.15, 0.2) is 90.1 Å². The maximum absolute atomic E-state index is 12.4. The summed E-state index contributed by atoms with van der Waals surface area (Å²) in [6.07, 6.45) is 3.97. The number of fused-ring (bicyclic) bond motifs is 1. The van der Waals surface area contributed by atoms with Gasteiger partial charge in [-0.05, 0) is 68.3 Å². The molecule has 0 radical (unpaired) electrons. The molecule has 0 fully saturated rings. The number of rotatable bonds is 12. The van der Waals surface area contributed by atoms with Gasteiger partial charge < -0.3 is 20.6 Å². The molecule has 0 saturated carbocycles. The van der Waals surface area contributed by atoms with E-state index in [-0.39, 0.29) is 35.7 Å². The number of thioether (sulfide) groups is 1. The maximum atomic E-state index is 12.4. The monoisotopic (exact) mass is 647 g/mol. The summed E-state index contributed by atoms with van der Waals surface area (Å²) in [4.78, 5) is 22.2. The SMILES string of the molecule is CCOc1ccc(-c2ccc(Cn3c(CC(C)(C)C(=O)O)c(SC(C)(C)C)c4cc(OCc5ccccn5)ccc43)cc2)cn1.[H-].[Na+]. The summed E-state index contributed by atoms with van der Waals surface area (Å²) in [6, 6.07) is 24.3. The molecule has 0 spiro atoms. The van der Waals surface area contributed by atoms with Gasteiger partial charge in [0, 0.05) is 63.2 Å². The van der Waals surface area contributed by atoms with Gasteiger partial charge in [0.15, 0.2) is 0 Å².